The number of aromatic nitrogens is 2. The maximum atomic E-state index is 11.9. The first-order valence-electron chi connectivity index (χ1n) is 7.17. The fourth-order valence-corrected chi connectivity index (χ4v) is 2.92. The van der Waals surface area contributed by atoms with Crippen molar-refractivity contribution in [2.45, 2.75) is 13.5 Å². The monoisotopic (exact) mass is 328 g/mol. The first-order valence-corrected chi connectivity index (χ1v) is 7.98. The van der Waals surface area contributed by atoms with E-state index in [1.54, 1.807) is 6.07 Å². The molecule has 0 saturated carbocycles. The van der Waals surface area contributed by atoms with Crippen LogP contribution in [0.5, 0.6) is 0 Å². The molecule has 3 aromatic rings. The normalized spacial score (nSPS) is 10.7. The number of para-hydroxylation sites is 2. The molecule has 0 aliphatic rings. The van der Waals surface area contributed by atoms with Crippen molar-refractivity contribution in [1.82, 2.24) is 20.6 Å². The Morgan fingerprint density at radius 2 is 2.00 bits per heavy atom. The second kappa shape index (κ2) is 6.62. The first-order chi connectivity index (χ1) is 11.1. The summed E-state index contributed by atoms with van der Waals surface area (Å²) in [4.78, 5) is 32.8. The highest BCUT2D eigenvalue weighted by atomic mass is 32.1. The molecular formula is C16H16N4O2S. The largest absolute Gasteiger partial charge is 0.347 e. The predicted molar refractivity (Wildman–Crippen MR) is 89.3 cm³/mol. The van der Waals surface area contributed by atoms with Crippen molar-refractivity contribution in [1.29, 1.82) is 0 Å². The SMILES string of the molecule is Cc1ccc(C(=O)NCC(=O)NCc2nc3ccccc3[nH]2)s1. The minimum atomic E-state index is -0.257. The number of hydrogen-bond acceptors (Lipinski definition) is 4. The fourth-order valence-electron chi connectivity index (χ4n) is 2.14. The first kappa shape index (κ1) is 15.2. The van der Waals surface area contributed by atoms with E-state index in [4.69, 9.17) is 0 Å². The summed E-state index contributed by atoms with van der Waals surface area (Å²) in [6, 6.07) is 11.3. The number of fused-ring (bicyclic) bond motifs is 1. The number of rotatable bonds is 5. The van der Waals surface area contributed by atoms with E-state index in [2.05, 4.69) is 20.6 Å². The molecule has 118 valence electrons. The number of imidazole rings is 1. The smallest absolute Gasteiger partial charge is 0.261 e. The van der Waals surface area contributed by atoms with Crippen molar-refractivity contribution in [2.24, 2.45) is 0 Å². The molecule has 6 nitrogen and oxygen atoms in total. The Morgan fingerprint density at radius 3 is 2.74 bits per heavy atom. The molecule has 2 heterocycles. The van der Waals surface area contributed by atoms with Crippen LogP contribution in [0.3, 0.4) is 0 Å². The van der Waals surface area contributed by atoms with E-state index in [9.17, 15) is 9.59 Å². The van der Waals surface area contributed by atoms with Gasteiger partial charge in [-0.15, -0.1) is 11.3 Å². The zero-order valence-corrected chi connectivity index (χ0v) is 13.4. The lowest BCUT2D eigenvalue weighted by Gasteiger charge is -2.04. The highest BCUT2D eigenvalue weighted by Gasteiger charge is 2.10. The molecule has 7 heteroatoms. The number of carbonyl (C=O) groups excluding carboxylic acids is 2. The second-order valence-corrected chi connectivity index (χ2v) is 6.36. The predicted octanol–water partition coefficient (Wildman–Crippen LogP) is 1.98. The van der Waals surface area contributed by atoms with Crippen LogP contribution in [0.2, 0.25) is 0 Å². The van der Waals surface area contributed by atoms with E-state index >= 15 is 0 Å². The number of H-pyrrole nitrogens is 1. The summed E-state index contributed by atoms with van der Waals surface area (Å²) in [7, 11) is 0. The summed E-state index contributed by atoms with van der Waals surface area (Å²) in [6.45, 7) is 2.17. The van der Waals surface area contributed by atoms with Crippen molar-refractivity contribution >= 4 is 34.2 Å². The third-order valence-corrected chi connectivity index (χ3v) is 4.26. The van der Waals surface area contributed by atoms with Gasteiger partial charge < -0.3 is 15.6 Å². The molecule has 0 bridgehead atoms. The van der Waals surface area contributed by atoms with Gasteiger partial charge in [-0.1, -0.05) is 12.1 Å². The van der Waals surface area contributed by atoms with Crippen LogP contribution in [-0.4, -0.2) is 28.3 Å². The number of hydrogen-bond donors (Lipinski definition) is 3. The van der Waals surface area contributed by atoms with Crippen molar-refractivity contribution in [3.8, 4) is 0 Å². The molecule has 3 N–H and O–H groups in total. The van der Waals surface area contributed by atoms with Crippen LogP contribution in [0.4, 0.5) is 0 Å². The highest BCUT2D eigenvalue weighted by molar-refractivity contribution is 7.13. The minimum Gasteiger partial charge on any atom is -0.347 e. The maximum Gasteiger partial charge on any atom is 0.261 e. The molecule has 0 unspecified atom stereocenters. The summed E-state index contributed by atoms with van der Waals surface area (Å²) >= 11 is 1.40. The van der Waals surface area contributed by atoms with Crippen LogP contribution in [0.15, 0.2) is 36.4 Å². The number of aryl methyl sites for hydroxylation is 1. The zero-order valence-electron chi connectivity index (χ0n) is 12.6. The number of amides is 2. The molecular weight excluding hydrogens is 312 g/mol. The zero-order chi connectivity index (χ0) is 16.2. The molecule has 0 atom stereocenters. The summed E-state index contributed by atoms with van der Waals surface area (Å²) in [5.74, 6) is 0.189. The van der Waals surface area contributed by atoms with Crippen LogP contribution in [0, 0.1) is 6.92 Å². The summed E-state index contributed by atoms with van der Waals surface area (Å²) in [6.07, 6.45) is 0. The van der Waals surface area contributed by atoms with Crippen LogP contribution >= 0.6 is 11.3 Å². The van der Waals surface area contributed by atoms with E-state index in [1.807, 2.05) is 37.3 Å². The average Bonchev–Trinajstić information content (AvgIpc) is 3.16. The Kier molecular flexibility index (Phi) is 4.38. The van der Waals surface area contributed by atoms with Gasteiger partial charge in [0.05, 0.1) is 29.0 Å². The van der Waals surface area contributed by atoms with Gasteiger partial charge >= 0.3 is 0 Å². The van der Waals surface area contributed by atoms with Gasteiger partial charge in [0.25, 0.3) is 5.91 Å². The Labute approximate surface area is 136 Å². The minimum absolute atomic E-state index is 0.0595. The van der Waals surface area contributed by atoms with Crippen molar-refractivity contribution in [3.63, 3.8) is 0 Å². The van der Waals surface area contributed by atoms with Crippen molar-refractivity contribution < 1.29 is 9.59 Å². The van der Waals surface area contributed by atoms with Crippen LogP contribution in [0.1, 0.15) is 20.4 Å². The van der Waals surface area contributed by atoms with Crippen LogP contribution < -0.4 is 10.6 Å². The molecule has 2 amide bonds. The van der Waals surface area contributed by atoms with Gasteiger partial charge in [-0.05, 0) is 31.2 Å². The van der Waals surface area contributed by atoms with E-state index in [1.165, 1.54) is 11.3 Å². The van der Waals surface area contributed by atoms with E-state index in [-0.39, 0.29) is 18.4 Å². The number of nitrogens with one attached hydrogen (secondary N) is 3. The van der Waals surface area contributed by atoms with Gasteiger partial charge in [0.2, 0.25) is 5.91 Å². The van der Waals surface area contributed by atoms with Gasteiger partial charge in [0.15, 0.2) is 0 Å². The molecule has 0 aliphatic heterocycles. The summed E-state index contributed by atoms with van der Waals surface area (Å²) in [5, 5.41) is 5.33. The molecule has 1 aromatic carbocycles. The number of benzene rings is 1. The number of carbonyl (C=O) groups is 2. The number of nitrogens with zero attached hydrogens (tertiary/aromatic N) is 1. The molecule has 2 aromatic heterocycles. The number of aromatic amines is 1. The van der Waals surface area contributed by atoms with Gasteiger partial charge in [-0.3, -0.25) is 9.59 Å². The van der Waals surface area contributed by atoms with E-state index < -0.39 is 0 Å². The van der Waals surface area contributed by atoms with Gasteiger partial charge in [-0.25, -0.2) is 4.98 Å². The van der Waals surface area contributed by atoms with Crippen molar-refractivity contribution in [3.05, 3.63) is 52.0 Å². The number of thiophene rings is 1. The topological polar surface area (TPSA) is 86.9 Å². The second-order valence-electron chi connectivity index (χ2n) is 5.07. The maximum absolute atomic E-state index is 11.9. The lowest BCUT2D eigenvalue weighted by Crippen LogP contribution is -2.36. The average molecular weight is 328 g/mol. The standard InChI is InChI=1S/C16H16N4O2S/c1-10-6-7-13(23-10)16(22)18-9-15(21)17-8-14-19-11-4-2-3-5-12(11)20-14/h2-7H,8-9H2,1H3,(H,17,21)(H,18,22)(H,19,20). The van der Waals surface area contributed by atoms with E-state index in [0.717, 1.165) is 15.9 Å². The third kappa shape index (κ3) is 3.75. The summed E-state index contributed by atoms with van der Waals surface area (Å²) < 4.78 is 0. The molecule has 0 saturated heterocycles. The van der Waals surface area contributed by atoms with Gasteiger partial charge in [-0.2, -0.15) is 0 Å². The van der Waals surface area contributed by atoms with Gasteiger partial charge in [0, 0.05) is 4.88 Å². The van der Waals surface area contributed by atoms with Crippen molar-refractivity contribution in [2.75, 3.05) is 6.54 Å². The fraction of sp³-hybridized carbons (Fsp3) is 0.188. The molecule has 0 fully saturated rings. The molecule has 23 heavy (non-hydrogen) atoms. The van der Waals surface area contributed by atoms with Crippen LogP contribution in [0.25, 0.3) is 11.0 Å². The third-order valence-electron chi connectivity index (χ3n) is 3.27. The highest BCUT2D eigenvalue weighted by Crippen LogP contribution is 2.14. The Hall–Kier alpha value is -2.67. The van der Waals surface area contributed by atoms with Crippen LogP contribution in [-0.2, 0) is 11.3 Å². The molecule has 3 rings (SSSR count). The Balaban J connectivity index is 1.48. The Bertz CT molecular complexity index is 820. The van der Waals surface area contributed by atoms with Gasteiger partial charge in [0.1, 0.15) is 5.82 Å². The molecule has 0 radical (unpaired) electrons. The lowest BCUT2D eigenvalue weighted by atomic mass is 10.3. The summed E-state index contributed by atoms with van der Waals surface area (Å²) in [5.41, 5.74) is 1.79. The lowest BCUT2D eigenvalue weighted by molar-refractivity contribution is -0.120. The molecule has 0 aliphatic carbocycles. The quantitative estimate of drug-likeness (QED) is 0.669. The van der Waals surface area contributed by atoms with E-state index in [0.29, 0.717) is 17.2 Å². The molecule has 0 spiro atoms. The Morgan fingerprint density at radius 1 is 1.17 bits per heavy atom.